The number of fused-ring (bicyclic) bond motifs is 2. The van der Waals surface area contributed by atoms with Gasteiger partial charge in [-0.2, -0.15) is 0 Å². The van der Waals surface area contributed by atoms with Crippen LogP contribution in [0.4, 0.5) is 0 Å². The molecule has 0 saturated carbocycles. The lowest BCUT2D eigenvalue weighted by Gasteiger charge is -2.32. The number of ketones is 1. The number of hydrogen-bond acceptors (Lipinski definition) is 5. The Morgan fingerprint density at radius 3 is 2.56 bits per heavy atom. The van der Waals surface area contributed by atoms with Crippen molar-refractivity contribution in [3.05, 3.63) is 10.0 Å². The summed E-state index contributed by atoms with van der Waals surface area (Å²) in [4.78, 5) is 13.9. The minimum Gasteiger partial charge on any atom is -0.300 e. The predicted molar refractivity (Wildman–Crippen MR) is 61.2 cm³/mol. The zero-order valence-corrected chi connectivity index (χ0v) is 10.2. The maximum absolute atomic E-state index is 11.5. The van der Waals surface area contributed by atoms with Crippen LogP contribution < -0.4 is 0 Å². The summed E-state index contributed by atoms with van der Waals surface area (Å²) in [6.45, 7) is 2.86. The standard InChI is InChI=1S/C11H15N3OS/c1-7-12-13-11(16-7)6-14-8-2-3-9(14)5-10(15)4-8/h8-9H,2-6H2,1H3. The Hall–Kier alpha value is -0.810. The first kappa shape index (κ1) is 10.4. The Bertz CT molecular complexity index is 401. The zero-order valence-electron chi connectivity index (χ0n) is 9.35. The number of Topliss-reactive ketones (excluding diaryl/α,β-unsaturated/α-hetero) is 1. The van der Waals surface area contributed by atoms with E-state index >= 15 is 0 Å². The van der Waals surface area contributed by atoms with Crippen molar-refractivity contribution in [1.29, 1.82) is 0 Å². The number of carbonyl (C=O) groups is 1. The Morgan fingerprint density at radius 2 is 2.00 bits per heavy atom. The van der Waals surface area contributed by atoms with Crippen molar-refractivity contribution in [3.63, 3.8) is 0 Å². The fourth-order valence-electron chi connectivity index (χ4n) is 2.88. The van der Waals surface area contributed by atoms with E-state index in [9.17, 15) is 4.79 Å². The largest absolute Gasteiger partial charge is 0.300 e. The Kier molecular flexibility index (Phi) is 2.52. The summed E-state index contributed by atoms with van der Waals surface area (Å²) in [5.41, 5.74) is 0. The molecule has 4 nitrogen and oxygen atoms in total. The number of aromatic nitrogens is 2. The molecule has 1 aromatic heterocycles. The molecule has 2 saturated heterocycles. The van der Waals surface area contributed by atoms with Crippen molar-refractivity contribution in [2.75, 3.05) is 0 Å². The van der Waals surface area contributed by atoms with Crippen LogP contribution in [0.25, 0.3) is 0 Å². The van der Waals surface area contributed by atoms with Gasteiger partial charge in [-0.15, -0.1) is 21.5 Å². The molecule has 2 unspecified atom stereocenters. The van der Waals surface area contributed by atoms with Crippen LogP contribution in [0.15, 0.2) is 0 Å². The molecular formula is C11H15N3OS. The molecule has 0 N–H and O–H groups in total. The molecule has 2 atom stereocenters. The van der Waals surface area contributed by atoms with Gasteiger partial charge in [0.2, 0.25) is 0 Å². The molecule has 2 bridgehead atoms. The second-order valence-electron chi connectivity index (χ2n) is 4.72. The van der Waals surface area contributed by atoms with Crippen LogP contribution in [-0.4, -0.2) is 33.0 Å². The van der Waals surface area contributed by atoms with Gasteiger partial charge in [-0.05, 0) is 19.8 Å². The third-order valence-electron chi connectivity index (χ3n) is 3.58. The highest BCUT2D eigenvalue weighted by Gasteiger charge is 2.40. The van der Waals surface area contributed by atoms with E-state index in [0.717, 1.165) is 29.4 Å². The van der Waals surface area contributed by atoms with E-state index in [0.29, 0.717) is 17.9 Å². The quantitative estimate of drug-likeness (QED) is 0.783. The molecule has 16 heavy (non-hydrogen) atoms. The highest BCUT2D eigenvalue weighted by molar-refractivity contribution is 7.11. The van der Waals surface area contributed by atoms with Gasteiger partial charge in [-0.25, -0.2) is 0 Å². The van der Waals surface area contributed by atoms with Gasteiger partial charge in [0.15, 0.2) is 0 Å². The molecule has 0 spiro atoms. The topological polar surface area (TPSA) is 46.1 Å². The first-order valence-electron chi connectivity index (χ1n) is 5.79. The average Bonchev–Trinajstić information content (AvgIpc) is 2.72. The lowest BCUT2D eigenvalue weighted by molar-refractivity contribution is -0.123. The predicted octanol–water partition coefficient (Wildman–Crippen LogP) is 1.54. The van der Waals surface area contributed by atoms with Crippen LogP contribution in [0.3, 0.4) is 0 Å². The van der Waals surface area contributed by atoms with Gasteiger partial charge >= 0.3 is 0 Å². The first-order valence-corrected chi connectivity index (χ1v) is 6.60. The smallest absolute Gasteiger partial charge is 0.136 e. The zero-order chi connectivity index (χ0) is 11.1. The van der Waals surface area contributed by atoms with Crippen LogP contribution in [0, 0.1) is 6.92 Å². The summed E-state index contributed by atoms with van der Waals surface area (Å²) in [5, 5.41) is 10.3. The van der Waals surface area contributed by atoms with Crippen molar-refractivity contribution in [1.82, 2.24) is 15.1 Å². The highest BCUT2D eigenvalue weighted by Crippen LogP contribution is 2.35. The average molecular weight is 237 g/mol. The molecule has 5 heteroatoms. The van der Waals surface area contributed by atoms with Gasteiger partial charge in [0.25, 0.3) is 0 Å². The summed E-state index contributed by atoms with van der Waals surface area (Å²) in [7, 11) is 0. The van der Waals surface area contributed by atoms with E-state index in [1.807, 2.05) is 6.92 Å². The van der Waals surface area contributed by atoms with Gasteiger partial charge < -0.3 is 0 Å². The van der Waals surface area contributed by atoms with Gasteiger partial charge in [-0.3, -0.25) is 9.69 Å². The third-order valence-corrected chi connectivity index (χ3v) is 4.41. The van der Waals surface area contributed by atoms with Crippen molar-refractivity contribution < 1.29 is 4.79 Å². The summed E-state index contributed by atoms with van der Waals surface area (Å²) in [6, 6.07) is 0.936. The Labute approximate surface area is 98.7 Å². The maximum atomic E-state index is 11.5. The molecule has 0 aliphatic carbocycles. The molecule has 1 aromatic rings. The van der Waals surface area contributed by atoms with Gasteiger partial charge in [0.1, 0.15) is 15.8 Å². The number of aryl methyl sites for hydroxylation is 1. The lowest BCUT2D eigenvalue weighted by atomic mass is 10.0. The fraction of sp³-hybridized carbons (Fsp3) is 0.727. The minimum absolute atomic E-state index is 0.442. The van der Waals surface area contributed by atoms with E-state index in [4.69, 9.17) is 0 Å². The number of piperidine rings is 1. The van der Waals surface area contributed by atoms with E-state index in [-0.39, 0.29) is 0 Å². The van der Waals surface area contributed by atoms with Crippen molar-refractivity contribution >= 4 is 17.1 Å². The summed E-state index contributed by atoms with van der Waals surface area (Å²) in [5.74, 6) is 0.442. The van der Waals surface area contributed by atoms with Crippen LogP contribution in [-0.2, 0) is 11.3 Å². The van der Waals surface area contributed by atoms with E-state index in [2.05, 4.69) is 15.1 Å². The van der Waals surface area contributed by atoms with Gasteiger partial charge in [0.05, 0.1) is 6.54 Å². The molecule has 2 aliphatic rings. The number of carbonyl (C=O) groups excluding carboxylic acids is 1. The van der Waals surface area contributed by atoms with Crippen molar-refractivity contribution in [3.8, 4) is 0 Å². The van der Waals surface area contributed by atoms with Gasteiger partial charge in [-0.1, -0.05) is 0 Å². The highest BCUT2D eigenvalue weighted by atomic mass is 32.1. The van der Waals surface area contributed by atoms with E-state index in [1.165, 1.54) is 12.8 Å². The molecule has 3 rings (SSSR count). The van der Waals surface area contributed by atoms with Gasteiger partial charge in [0, 0.05) is 24.9 Å². The summed E-state index contributed by atoms with van der Waals surface area (Å²) in [6.07, 6.45) is 3.84. The Morgan fingerprint density at radius 1 is 1.31 bits per heavy atom. The summed E-state index contributed by atoms with van der Waals surface area (Å²) >= 11 is 1.67. The maximum Gasteiger partial charge on any atom is 0.136 e. The van der Waals surface area contributed by atoms with E-state index < -0.39 is 0 Å². The van der Waals surface area contributed by atoms with Crippen LogP contribution >= 0.6 is 11.3 Å². The second-order valence-corrected chi connectivity index (χ2v) is 5.99. The van der Waals surface area contributed by atoms with Crippen molar-refractivity contribution in [2.24, 2.45) is 0 Å². The minimum atomic E-state index is 0.442. The van der Waals surface area contributed by atoms with Crippen LogP contribution in [0.5, 0.6) is 0 Å². The molecule has 0 aromatic carbocycles. The molecule has 0 radical (unpaired) electrons. The van der Waals surface area contributed by atoms with E-state index in [1.54, 1.807) is 11.3 Å². The molecule has 2 fully saturated rings. The van der Waals surface area contributed by atoms with Crippen LogP contribution in [0.1, 0.15) is 35.7 Å². The second kappa shape index (κ2) is 3.89. The van der Waals surface area contributed by atoms with Crippen LogP contribution in [0.2, 0.25) is 0 Å². The molecule has 2 aliphatic heterocycles. The molecule has 3 heterocycles. The molecule has 0 amide bonds. The third kappa shape index (κ3) is 1.78. The monoisotopic (exact) mass is 237 g/mol. The number of hydrogen-bond donors (Lipinski definition) is 0. The Balaban J connectivity index is 1.74. The summed E-state index contributed by atoms with van der Waals surface area (Å²) < 4.78 is 0. The molecule has 86 valence electrons. The SMILES string of the molecule is Cc1nnc(CN2C3CCC2CC(=O)C3)s1. The molecular weight excluding hydrogens is 222 g/mol. The van der Waals surface area contributed by atoms with Crippen molar-refractivity contribution in [2.45, 2.75) is 51.2 Å². The number of rotatable bonds is 2. The number of nitrogens with zero attached hydrogens (tertiary/aromatic N) is 3. The first-order chi connectivity index (χ1) is 7.72. The fourth-order valence-corrected chi connectivity index (χ4v) is 3.60. The lowest BCUT2D eigenvalue weighted by Crippen LogP contribution is -2.42. The normalized spacial score (nSPS) is 29.9.